The van der Waals surface area contributed by atoms with E-state index in [2.05, 4.69) is 4.90 Å². The molecule has 1 atom stereocenters. The standard InChI is InChI=1S/C19H28ClNO5/c1-4-26-18(23)19(7-9-24-2)6-5-8-21(13-19)12-14-10-15(20)17(22)16(11-14)25-3/h10-11,22H,4-9,12-13H2,1-3H3/t19-/m1/s1. The van der Waals surface area contributed by atoms with Gasteiger partial charge in [0.05, 0.1) is 24.2 Å². The van der Waals surface area contributed by atoms with Crippen LogP contribution < -0.4 is 4.74 Å². The molecule has 1 heterocycles. The van der Waals surface area contributed by atoms with Crippen LogP contribution in [0.15, 0.2) is 12.1 Å². The number of methoxy groups -OCH3 is 2. The maximum Gasteiger partial charge on any atom is 0.313 e. The van der Waals surface area contributed by atoms with E-state index in [1.54, 1.807) is 19.2 Å². The highest BCUT2D eigenvalue weighted by Crippen LogP contribution is 2.38. The van der Waals surface area contributed by atoms with E-state index >= 15 is 0 Å². The molecule has 6 nitrogen and oxygen atoms in total. The van der Waals surface area contributed by atoms with Gasteiger partial charge in [-0.1, -0.05) is 11.6 Å². The molecule has 0 spiro atoms. The lowest BCUT2D eigenvalue weighted by Crippen LogP contribution is -2.48. The van der Waals surface area contributed by atoms with Crippen molar-refractivity contribution in [3.8, 4) is 11.5 Å². The Hall–Kier alpha value is -1.50. The first-order valence-electron chi connectivity index (χ1n) is 8.89. The minimum atomic E-state index is -0.547. The van der Waals surface area contributed by atoms with E-state index < -0.39 is 5.41 Å². The number of halogens is 1. The molecular weight excluding hydrogens is 358 g/mol. The first-order valence-corrected chi connectivity index (χ1v) is 9.27. The number of benzene rings is 1. The van der Waals surface area contributed by atoms with E-state index in [0.29, 0.717) is 38.5 Å². The van der Waals surface area contributed by atoms with Crippen molar-refractivity contribution >= 4 is 17.6 Å². The van der Waals surface area contributed by atoms with Crippen LogP contribution in [0.4, 0.5) is 0 Å². The highest BCUT2D eigenvalue weighted by atomic mass is 35.5. The number of phenolic OH excluding ortho intramolecular Hbond substituents is 1. The summed E-state index contributed by atoms with van der Waals surface area (Å²) in [5.41, 5.74) is 0.380. The number of carbonyl (C=O) groups excluding carboxylic acids is 1. The molecular formula is C19H28ClNO5. The molecule has 1 aromatic rings. The van der Waals surface area contributed by atoms with Crippen molar-refractivity contribution in [3.05, 3.63) is 22.7 Å². The third kappa shape index (κ3) is 4.81. The Morgan fingerprint density at radius 2 is 2.15 bits per heavy atom. The van der Waals surface area contributed by atoms with Crippen LogP contribution in [0, 0.1) is 5.41 Å². The predicted molar refractivity (Wildman–Crippen MR) is 99.7 cm³/mol. The zero-order chi connectivity index (χ0) is 19.2. The molecule has 0 aliphatic carbocycles. The van der Waals surface area contributed by atoms with Gasteiger partial charge >= 0.3 is 5.97 Å². The molecule has 1 N–H and O–H groups in total. The van der Waals surface area contributed by atoms with E-state index in [9.17, 15) is 9.90 Å². The molecule has 2 rings (SSSR count). The average Bonchev–Trinajstić information content (AvgIpc) is 2.63. The van der Waals surface area contributed by atoms with Crippen LogP contribution in [0.2, 0.25) is 5.02 Å². The zero-order valence-electron chi connectivity index (χ0n) is 15.7. The molecule has 1 aliphatic rings. The summed E-state index contributed by atoms with van der Waals surface area (Å²) in [5.74, 6) is 0.140. The maximum atomic E-state index is 12.6. The Morgan fingerprint density at radius 1 is 1.38 bits per heavy atom. The van der Waals surface area contributed by atoms with Crippen LogP contribution in [0.5, 0.6) is 11.5 Å². The fraction of sp³-hybridized carbons (Fsp3) is 0.632. The topological polar surface area (TPSA) is 68.2 Å². The second-order valence-corrected chi connectivity index (χ2v) is 7.09. The largest absolute Gasteiger partial charge is 0.503 e. The van der Waals surface area contributed by atoms with Crippen molar-refractivity contribution in [2.75, 3.05) is 40.5 Å². The van der Waals surface area contributed by atoms with Gasteiger partial charge in [0.1, 0.15) is 0 Å². The highest BCUT2D eigenvalue weighted by Gasteiger charge is 2.43. The van der Waals surface area contributed by atoms with Crippen molar-refractivity contribution in [2.24, 2.45) is 5.41 Å². The molecule has 1 aliphatic heterocycles. The summed E-state index contributed by atoms with van der Waals surface area (Å²) in [6.07, 6.45) is 2.34. The van der Waals surface area contributed by atoms with Crippen LogP contribution >= 0.6 is 11.6 Å². The van der Waals surface area contributed by atoms with Crippen LogP contribution in [0.3, 0.4) is 0 Å². The summed E-state index contributed by atoms with van der Waals surface area (Å²) in [7, 11) is 3.14. The molecule has 1 fully saturated rings. The van der Waals surface area contributed by atoms with Gasteiger partial charge in [-0.2, -0.15) is 0 Å². The maximum absolute atomic E-state index is 12.6. The van der Waals surface area contributed by atoms with Gasteiger partial charge in [0.2, 0.25) is 0 Å². The molecule has 1 saturated heterocycles. The van der Waals surface area contributed by atoms with Gasteiger partial charge in [-0.15, -0.1) is 0 Å². The molecule has 0 amide bonds. The molecule has 0 radical (unpaired) electrons. The Bertz CT molecular complexity index is 624. The number of ether oxygens (including phenoxy) is 3. The molecule has 0 bridgehead atoms. The number of hydrogen-bond donors (Lipinski definition) is 1. The van der Waals surface area contributed by atoms with Gasteiger partial charge in [-0.05, 0) is 50.4 Å². The molecule has 26 heavy (non-hydrogen) atoms. The summed E-state index contributed by atoms with van der Waals surface area (Å²) in [6, 6.07) is 3.51. The van der Waals surface area contributed by atoms with Gasteiger partial charge in [0.15, 0.2) is 11.5 Å². The van der Waals surface area contributed by atoms with Gasteiger partial charge in [-0.3, -0.25) is 9.69 Å². The lowest BCUT2D eigenvalue weighted by Gasteiger charge is -2.41. The quantitative estimate of drug-likeness (QED) is 0.693. The Kier molecular flexibility index (Phi) is 7.55. The minimum absolute atomic E-state index is 0.0578. The van der Waals surface area contributed by atoms with Crippen LogP contribution in [-0.4, -0.2) is 56.5 Å². The number of carbonyl (C=O) groups is 1. The number of nitrogens with zero attached hydrogens (tertiary/aromatic N) is 1. The van der Waals surface area contributed by atoms with Gasteiger partial charge in [-0.25, -0.2) is 0 Å². The van der Waals surface area contributed by atoms with Crippen molar-refractivity contribution < 1.29 is 24.1 Å². The summed E-state index contributed by atoms with van der Waals surface area (Å²) in [6.45, 7) is 4.83. The number of rotatable bonds is 8. The lowest BCUT2D eigenvalue weighted by molar-refractivity contribution is -0.160. The second-order valence-electron chi connectivity index (χ2n) is 6.69. The summed E-state index contributed by atoms with van der Waals surface area (Å²) in [5, 5.41) is 10.2. The third-order valence-corrected chi connectivity index (χ3v) is 5.15. The minimum Gasteiger partial charge on any atom is -0.503 e. The van der Waals surface area contributed by atoms with E-state index in [1.807, 2.05) is 6.92 Å². The normalized spacial score (nSPS) is 20.8. The first kappa shape index (κ1) is 20.8. The fourth-order valence-corrected chi connectivity index (χ4v) is 3.78. The van der Waals surface area contributed by atoms with Crippen molar-refractivity contribution in [2.45, 2.75) is 32.7 Å². The number of piperidine rings is 1. The average molecular weight is 386 g/mol. The summed E-state index contributed by atoms with van der Waals surface area (Å²) >= 11 is 6.09. The van der Waals surface area contributed by atoms with E-state index in [-0.39, 0.29) is 16.7 Å². The number of phenols is 1. The van der Waals surface area contributed by atoms with Crippen LogP contribution in [0.25, 0.3) is 0 Å². The first-order chi connectivity index (χ1) is 12.5. The smallest absolute Gasteiger partial charge is 0.313 e. The van der Waals surface area contributed by atoms with Gasteiger partial charge < -0.3 is 19.3 Å². The Labute approximate surface area is 160 Å². The van der Waals surface area contributed by atoms with E-state index in [1.165, 1.54) is 7.11 Å². The molecule has 0 aromatic heterocycles. The molecule has 0 unspecified atom stereocenters. The van der Waals surface area contributed by atoms with Crippen molar-refractivity contribution in [1.82, 2.24) is 4.90 Å². The lowest BCUT2D eigenvalue weighted by atomic mass is 9.77. The van der Waals surface area contributed by atoms with E-state index in [0.717, 1.165) is 24.9 Å². The molecule has 7 heteroatoms. The monoisotopic (exact) mass is 385 g/mol. The van der Waals surface area contributed by atoms with Crippen LogP contribution in [0.1, 0.15) is 31.7 Å². The number of aromatic hydroxyl groups is 1. The Balaban J connectivity index is 2.17. The molecule has 0 saturated carbocycles. The number of hydrogen-bond acceptors (Lipinski definition) is 6. The number of esters is 1. The van der Waals surface area contributed by atoms with Crippen molar-refractivity contribution in [3.63, 3.8) is 0 Å². The van der Waals surface area contributed by atoms with E-state index in [4.69, 9.17) is 25.8 Å². The van der Waals surface area contributed by atoms with Crippen LogP contribution in [-0.2, 0) is 20.8 Å². The predicted octanol–water partition coefficient (Wildman–Crippen LogP) is 3.24. The molecule has 146 valence electrons. The Morgan fingerprint density at radius 3 is 2.81 bits per heavy atom. The van der Waals surface area contributed by atoms with Crippen molar-refractivity contribution in [1.29, 1.82) is 0 Å². The second kappa shape index (κ2) is 9.44. The number of likely N-dealkylation sites (tertiary alicyclic amines) is 1. The third-order valence-electron chi connectivity index (χ3n) is 4.86. The molecule has 1 aromatic carbocycles. The highest BCUT2D eigenvalue weighted by molar-refractivity contribution is 6.32. The summed E-state index contributed by atoms with van der Waals surface area (Å²) in [4.78, 5) is 14.9. The summed E-state index contributed by atoms with van der Waals surface area (Å²) < 4.78 is 15.8. The zero-order valence-corrected chi connectivity index (χ0v) is 16.5. The SMILES string of the molecule is CCOC(=O)[C@@]1(CCOC)CCCN(Cc2cc(Cl)c(O)c(OC)c2)C1. The van der Waals surface area contributed by atoms with Gasteiger partial charge in [0, 0.05) is 26.8 Å². The fourth-order valence-electron chi connectivity index (χ4n) is 3.55. The van der Waals surface area contributed by atoms with Gasteiger partial charge in [0.25, 0.3) is 0 Å².